The zero-order valence-electron chi connectivity index (χ0n) is 17.6. The van der Waals surface area contributed by atoms with E-state index in [1.54, 1.807) is 0 Å². The highest BCUT2D eigenvalue weighted by Crippen LogP contribution is 2.34. The second-order valence-corrected chi connectivity index (χ2v) is 7.94. The average molecular weight is 444 g/mol. The monoisotopic (exact) mass is 444 g/mol. The van der Waals surface area contributed by atoms with Crippen molar-refractivity contribution in [3.05, 3.63) is 47.5 Å². The molecule has 2 heterocycles. The molecule has 1 saturated heterocycles. The van der Waals surface area contributed by atoms with Crippen molar-refractivity contribution in [1.82, 2.24) is 15.3 Å². The van der Waals surface area contributed by atoms with Crippen LogP contribution in [-0.2, 0) is 11.0 Å². The topological polar surface area (TPSA) is 96.2 Å². The van der Waals surface area contributed by atoms with E-state index in [2.05, 4.69) is 25.5 Å². The lowest BCUT2D eigenvalue weighted by molar-refractivity contribution is -0.137. The minimum absolute atomic E-state index is 0.00185. The third-order valence-electron chi connectivity index (χ3n) is 5.34. The average Bonchev–Trinajstić information content (AvgIpc) is 3.14. The molecule has 1 aliphatic heterocycles. The van der Waals surface area contributed by atoms with Gasteiger partial charge in [-0.1, -0.05) is 12.1 Å². The molecule has 0 aliphatic carbocycles. The molecule has 3 aromatic rings. The van der Waals surface area contributed by atoms with E-state index in [0.717, 1.165) is 29.5 Å². The van der Waals surface area contributed by atoms with Crippen LogP contribution < -0.4 is 21.3 Å². The summed E-state index contributed by atoms with van der Waals surface area (Å²) in [7, 11) is 0. The predicted octanol–water partition coefficient (Wildman–Crippen LogP) is 4.00. The molecule has 1 amide bonds. The number of aromatic nitrogens is 2. The van der Waals surface area contributed by atoms with Gasteiger partial charge in [-0.05, 0) is 43.2 Å². The van der Waals surface area contributed by atoms with Gasteiger partial charge in [-0.2, -0.15) is 18.2 Å². The summed E-state index contributed by atoms with van der Waals surface area (Å²) in [6.45, 7) is 4.65. The molecule has 1 aliphatic rings. The molecular formula is C22H23F3N6O. The number of fused-ring (bicyclic) bond motifs is 1. The number of halogens is 3. The van der Waals surface area contributed by atoms with Gasteiger partial charge in [0.2, 0.25) is 11.9 Å². The lowest BCUT2D eigenvalue weighted by Gasteiger charge is -2.21. The summed E-state index contributed by atoms with van der Waals surface area (Å²) < 4.78 is 39.6. The van der Waals surface area contributed by atoms with Gasteiger partial charge in [0.15, 0.2) is 0 Å². The molecule has 1 unspecified atom stereocenters. The summed E-state index contributed by atoms with van der Waals surface area (Å²) >= 11 is 0. The van der Waals surface area contributed by atoms with Crippen molar-refractivity contribution in [3.8, 4) is 0 Å². The third-order valence-corrected chi connectivity index (χ3v) is 5.34. The molecule has 32 heavy (non-hydrogen) atoms. The Morgan fingerprint density at radius 2 is 2.00 bits per heavy atom. The quantitative estimate of drug-likeness (QED) is 0.527. The number of nitrogens with zero attached hydrogens (tertiary/aromatic N) is 3. The first kappa shape index (κ1) is 21.7. The first-order chi connectivity index (χ1) is 15.1. The number of nitrogen functional groups attached to an aromatic ring is 1. The summed E-state index contributed by atoms with van der Waals surface area (Å²) in [4.78, 5) is 22.7. The Morgan fingerprint density at radius 1 is 1.22 bits per heavy atom. The van der Waals surface area contributed by atoms with E-state index >= 15 is 0 Å². The van der Waals surface area contributed by atoms with Gasteiger partial charge < -0.3 is 21.3 Å². The number of para-hydroxylation sites is 1. The van der Waals surface area contributed by atoms with Crippen molar-refractivity contribution in [1.29, 1.82) is 0 Å². The first-order valence-electron chi connectivity index (χ1n) is 10.1. The van der Waals surface area contributed by atoms with Crippen LogP contribution in [-0.4, -0.2) is 35.0 Å². The van der Waals surface area contributed by atoms with Crippen molar-refractivity contribution in [2.45, 2.75) is 32.5 Å². The molecule has 0 saturated carbocycles. The van der Waals surface area contributed by atoms with Crippen LogP contribution in [0.15, 0.2) is 36.4 Å². The molecule has 7 nitrogen and oxygen atoms in total. The van der Waals surface area contributed by atoms with Crippen LogP contribution in [0.1, 0.15) is 24.5 Å². The number of alkyl halides is 3. The minimum atomic E-state index is -4.52. The molecule has 4 N–H and O–H groups in total. The van der Waals surface area contributed by atoms with Gasteiger partial charge in [0.05, 0.1) is 11.1 Å². The lowest BCUT2D eigenvalue weighted by Crippen LogP contribution is -2.35. The van der Waals surface area contributed by atoms with Gasteiger partial charge in [0, 0.05) is 42.8 Å². The van der Waals surface area contributed by atoms with E-state index in [4.69, 9.17) is 5.73 Å². The summed E-state index contributed by atoms with van der Waals surface area (Å²) in [5.41, 5.74) is 6.57. The Balaban J connectivity index is 1.73. The number of rotatable bonds is 4. The number of aryl methyl sites for hydroxylation is 1. The van der Waals surface area contributed by atoms with Crippen molar-refractivity contribution in [3.63, 3.8) is 0 Å². The molecule has 10 heteroatoms. The van der Waals surface area contributed by atoms with E-state index in [1.807, 2.05) is 25.1 Å². The molecule has 2 aromatic carbocycles. The standard InChI is InChI=1S/C22H23F3N6O/c1-12-4-3-5-18-19(12)29-21(28-17-9-14(22(23,24)25)8-15(26)10-17)30-20(18)31-7-6-16(11-31)27-13(2)32/h3-5,8-10,16H,6-7,11,26H2,1-2H3,(H,27,32)(H,28,29,30). The fourth-order valence-electron chi connectivity index (χ4n) is 3.95. The maximum absolute atomic E-state index is 13.2. The highest BCUT2D eigenvalue weighted by Gasteiger charge is 2.31. The second-order valence-electron chi connectivity index (χ2n) is 7.94. The summed E-state index contributed by atoms with van der Waals surface area (Å²) in [5, 5.41) is 6.64. The first-order valence-corrected chi connectivity index (χ1v) is 10.1. The number of nitrogens with one attached hydrogen (secondary N) is 2. The Labute approximate surface area is 182 Å². The molecule has 168 valence electrons. The SMILES string of the molecule is CC(=O)NC1CCN(c2nc(Nc3cc(N)cc(C(F)(F)F)c3)nc3c(C)cccc23)C1. The number of carbonyl (C=O) groups is 1. The second kappa shape index (κ2) is 8.18. The van der Waals surface area contributed by atoms with Gasteiger partial charge in [-0.3, -0.25) is 4.79 Å². The molecule has 4 rings (SSSR count). The van der Waals surface area contributed by atoms with Gasteiger partial charge >= 0.3 is 6.18 Å². The van der Waals surface area contributed by atoms with Crippen molar-refractivity contribution in [2.75, 3.05) is 29.0 Å². The molecular weight excluding hydrogens is 421 g/mol. The highest BCUT2D eigenvalue weighted by molar-refractivity contribution is 5.93. The molecule has 0 bridgehead atoms. The van der Waals surface area contributed by atoms with Crippen LogP contribution in [0.3, 0.4) is 0 Å². The summed E-state index contributed by atoms with van der Waals surface area (Å²) in [6.07, 6.45) is -3.75. The van der Waals surface area contributed by atoms with Gasteiger partial charge in [0.25, 0.3) is 0 Å². The molecule has 0 spiro atoms. The van der Waals surface area contributed by atoms with E-state index < -0.39 is 11.7 Å². The number of anilines is 4. The van der Waals surface area contributed by atoms with Crippen LogP contribution in [0.2, 0.25) is 0 Å². The Hall–Kier alpha value is -3.56. The number of benzene rings is 2. The fraction of sp³-hybridized carbons (Fsp3) is 0.318. The Kier molecular flexibility index (Phi) is 5.53. The molecule has 1 aromatic heterocycles. The maximum Gasteiger partial charge on any atom is 0.416 e. The van der Waals surface area contributed by atoms with Crippen LogP contribution >= 0.6 is 0 Å². The molecule has 1 atom stereocenters. The highest BCUT2D eigenvalue weighted by atomic mass is 19.4. The summed E-state index contributed by atoms with van der Waals surface area (Å²) in [5.74, 6) is 0.738. The van der Waals surface area contributed by atoms with E-state index in [9.17, 15) is 18.0 Å². The molecule has 0 radical (unpaired) electrons. The van der Waals surface area contributed by atoms with Gasteiger partial charge in [-0.15, -0.1) is 0 Å². The maximum atomic E-state index is 13.2. The zero-order valence-corrected chi connectivity index (χ0v) is 17.6. The summed E-state index contributed by atoms with van der Waals surface area (Å²) in [6, 6.07) is 9.00. The van der Waals surface area contributed by atoms with Crippen molar-refractivity contribution >= 4 is 40.0 Å². The Bertz CT molecular complexity index is 1180. The van der Waals surface area contributed by atoms with Gasteiger partial charge in [0.1, 0.15) is 5.82 Å². The normalized spacial score (nSPS) is 16.4. The number of carbonyl (C=O) groups excluding carboxylic acids is 1. The number of hydrogen-bond acceptors (Lipinski definition) is 6. The van der Waals surface area contributed by atoms with Crippen LogP contribution in [0.5, 0.6) is 0 Å². The smallest absolute Gasteiger partial charge is 0.399 e. The number of nitrogens with two attached hydrogens (primary N) is 1. The van der Waals surface area contributed by atoms with Crippen LogP contribution in [0.4, 0.5) is 36.3 Å². The largest absolute Gasteiger partial charge is 0.416 e. The van der Waals surface area contributed by atoms with E-state index in [-0.39, 0.29) is 29.3 Å². The number of hydrogen-bond donors (Lipinski definition) is 3. The van der Waals surface area contributed by atoms with Gasteiger partial charge in [-0.25, -0.2) is 4.98 Å². The predicted molar refractivity (Wildman–Crippen MR) is 118 cm³/mol. The van der Waals surface area contributed by atoms with E-state index in [1.165, 1.54) is 13.0 Å². The number of amides is 1. The third kappa shape index (κ3) is 4.53. The zero-order chi connectivity index (χ0) is 23.0. The van der Waals surface area contributed by atoms with E-state index in [0.29, 0.717) is 24.4 Å². The minimum Gasteiger partial charge on any atom is -0.399 e. The molecule has 1 fully saturated rings. The Morgan fingerprint density at radius 3 is 2.72 bits per heavy atom. The fourth-order valence-corrected chi connectivity index (χ4v) is 3.95. The lowest BCUT2D eigenvalue weighted by atomic mass is 10.1. The van der Waals surface area contributed by atoms with Crippen LogP contribution in [0.25, 0.3) is 10.9 Å². The van der Waals surface area contributed by atoms with Crippen LogP contribution in [0, 0.1) is 6.92 Å². The van der Waals surface area contributed by atoms with Crippen molar-refractivity contribution in [2.24, 2.45) is 0 Å². The van der Waals surface area contributed by atoms with Crippen molar-refractivity contribution < 1.29 is 18.0 Å².